The van der Waals surface area contributed by atoms with Crippen molar-refractivity contribution in [1.82, 2.24) is 0 Å². The molecule has 4 nitrogen and oxygen atoms in total. The standard InChI is InChI=1S/C16H21N3OS/c1-4-20-15-9-11(5-7-13(15)17)18-14-8-6-12(19(2)3)10-16(14)21/h6-10,21H,4-5,17H2,1-3H3/p+1. The molecule has 0 bridgehead atoms. The van der Waals surface area contributed by atoms with Crippen molar-refractivity contribution < 1.29 is 4.74 Å². The van der Waals surface area contributed by atoms with Crippen LogP contribution in [0.1, 0.15) is 13.3 Å². The molecule has 0 spiro atoms. The SMILES string of the molecule is CCOC1=CC(=Nc2ccc(N(C)C)cc2[SH2+])CC=C1N. The van der Waals surface area contributed by atoms with Crippen LogP contribution in [0.2, 0.25) is 0 Å². The maximum atomic E-state index is 5.90. The zero-order chi connectivity index (χ0) is 15.4. The van der Waals surface area contributed by atoms with Gasteiger partial charge in [-0.05, 0) is 31.7 Å². The molecular formula is C16H22N3OS+. The van der Waals surface area contributed by atoms with E-state index in [-0.39, 0.29) is 0 Å². The summed E-state index contributed by atoms with van der Waals surface area (Å²) in [5.74, 6) is 0.697. The highest BCUT2D eigenvalue weighted by atomic mass is 32.1. The molecule has 2 rings (SSSR count). The summed E-state index contributed by atoms with van der Waals surface area (Å²) in [5, 5.41) is 0. The van der Waals surface area contributed by atoms with E-state index in [0.29, 0.717) is 24.5 Å². The third-order valence-corrected chi connectivity index (χ3v) is 3.57. The van der Waals surface area contributed by atoms with E-state index in [4.69, 9.17) is 10.5 Å². The van der Waals surface area contributed by atoms with Crippen LogP contribution in [-0.2, 0) is 17.4 Å². The Hall–Kier alpha value is -1.88. The van der Waals surface area contributed by atoms with Crippen LogP contribution in [-0.4, -0.2) is 26.4 Å². The molecule has 0 unspecified atom stereocenters. The molecule has 0 radical (unpaired) electrons. The molecule has 1 aliphatic rings. The third kappa shape index (κ3) is 3.82. The van der Waals surface area contributed by atoms with Gasteiger partial charge >= 0.3 is 0 Å². The van der Waals surface area contributed by atoms with Gasteiger partial charge in [0, 0.05) is 44.1 Å². The highest BCUT2D eigenvalue weighted by Crippen LogP contribution is 2.26. The average molecular weight is 304 g/mol. The fourth-order valence-electron chi connectivity index (χ4n) is 2.02. The summed E-state index contributed by atoms with van der Waals surface area (Å²) >= 11 is 3.63. The molecule has 0 heterocycles. The molecule has 0 aromatic heterocycles. The Morgan fingerprint density at radius 3 is 2.76 bits per heavy atom. The summed E-state index contributed by atoms with van der Waals surface area (Å²) < 4.78 is 5.51. The first-order chi connectivity index (χ1) is 10.0. The Kier molecular flexibility index (Phi) is 4.96. The van der Waals surface area contributed by atoms with Gasteiger partial charge in [0.1, 0.15) is 11.4 Å². The van der Waals surface area contributed by atoms with Crippen molar-refractivity contribution in [2.75, 3.05) is 25.6 Å². The predicted molar refractivity (Wildman–Crippen MR) is 92.9 cm³/mol. The van der Waals surface area contributed by atoms with Crippen LogP contribution in [0.3, 0.4) is 0 Å². The fraction of sp³-hybridized carbons (Fsp3) is 0.312. The highest BCUT2D eigenvalue weighted by Gasteiger charge is 2.12. The predicted octanol–water partition coefficient (Wildman–Crippen LogP) is 2.36. The zero-order valence-electron chi connectivity index (χ0n) is 12.7. The lowest BCUT2D eigenvalue weighted by Gasteiger charge is -2.14. The fourth-order valence-corrected chi connectivity index (χ4v) is 2.31. The van der Waals surface area contributed by atoms with Gasteiger partial charge in [0.2, 0.25) is 0 Å². The highest BCUT2D eigenvalue weighted by molar-refractivity contribution is 7.59. The molecule has 0 saturated carbocycles. The second-order valence-corrected chi connectivity index (χ2v) is 5.54. The van der Waals surface area contributed by atoms with Crippen LogP contribution in [0.15, 0.2) is 51.7 Å². The third-order valence-electron chi connectivity index (χ3n) is 3.17. The van der Waals surface area contributed by atoms with E-state index in [9.17, 15) is 0 Å². The van der Waals surface area contributed by atoms with E-state index in [0.717, 1.165) is 22.0 Å². The lowest BCUT2D eigenvalue weighted by molar-refractivity contribution is 0.237. The maximum absolute atomic E-state index is 5.90. The van der Waals surface area contributed by atoms with Crippen molar-refractivity contribution in [2.45, 2.75) is 18.2 Å². The van der Waals surface area contributed by atoms with Gasteiger partial charge in [-0.15, -0.1) is 0 Å². The first kappa shape index (κ1) is 15.5. The van der Waals surface area contributed by atoms with Crippen LogP contribution in [0.25, 0.3) is 0 Å². The van der Waals surface area contributed by atoms with Crippen molar-refractivity contribution in [3.63, 3.8) is 0 Å². The molecular weight excluding hydrogens is 282 g/mol. The van der Waals surface area contributed by atoms with Crippen LogP contribution in [0.5, 0.6) is 0 Å². The second-order valence-electron chi connectivity index (χ2n) is 5.00. The summed E-state index contributed by atoms with van der Waals surface area (Å²) in [6.07, 6.45) is 4.55. The van der Waals surface area contributed by atoms with Gasteiger partial charge in [-0.3, -0.25) is 0 Å². The lowest BCUT2D eigenvalue weighted by Crippen LogP contribution is -2.12. The van der Waals surface area contributed by atoms with Crippen molar-refractivity contribution >= 4 is 29.7 Å². The number of nitrogens with zero attached hydrogens (tertiary/aromatic N) is 2. The number of benzene rings is 1. The van der Waals surface area contributed by atoms with Gasteiger partial charge in [-0.1, -0.05) is 6.08 Å². The Morgan fingerprint density at radius 2 is 2.14 bits per heavy atom. The topological polar surface area (TPSA) is 50.8 Å². The van der Waals surface area contributed by atoms with Crippen LogP contribution in [0, 0.1) is 0 Å². The van der Waals surface area contributed by atoms with Crippen molar-refractivity contribution in [3.05, 3.63) is 41.8 Å². The van der Waals surface area contributed by atoms with Gasteiger partial charge in [0.05, 0.1) is 12.3 Å². The minimum atomic E-state index is 0.592. The van der Waals surface area contributed by atoms with Gasteiger partial charge in [0.15, 0.2) is 4.90 Å². The number of ether oxygens (including phenoxy) is 1. The molecule has 112 valence electrons. The van der Waals surface area contributed by atoms with Crippen molar-refractivity contribution in [1.29, 1.82) is 0 Å². The molecule has 0 amide bonds. The summed E-state index contributed by atoms with van der Waals surface area (Å²) in [6, 6.07) is 6.10. The normalized spacial score (nSPS) is 16.5. The summed E-state index contributed by atoms with van der Waals surface area (Å²) in [7, 11) is 4.02. The Balaban J connectivity index is 2.28. The average Bonchev–Trinajstić information content (AvgIpc) is 2.44. The Morgan fingerprint density at radius 1 is 1.38 bits per heavy atom. The first-order valence-corrected chi connectivity index (χ1v) is 7.42. The number of nitrogens with two attached hydrogens (primary N) is 1. The van der Waals surface area contributed by atoms with E-state index >= 15 is 0 Å². The quantitative estimate of drug-likeness (QED) is 0.869. The van der Waals surface area contributed by atoms with E-state index in [1.54, 1.807) is 0 Å². The Bertz CT molecular complexity index is 618. The second kappa shape index (κ2) is 6.72. The number of hydrogen-bond acceptors (Lipinski definition) is 4. The molecule has 21 heavy (non-hydrogen) atoms. The number of anilines is 1. The minimum Gasteiger partial charge on any atom is -0.492 e. The van der Waals surface area contributed by atoms with E-state index in [1.807, 2.05) is 45.3 Å². The van der Waals surface area contributed by atoms with E-state index < -0.39 is 0 Å². The largest absolute Gasteiger partial charge is 0.492 e. The summed E-state index contributed by atoms with van der Waals surface area (Å²) in [5.41, 5.74) is 9.54. The lowest BCUT2D eigenvalue weighted by atomic mass is 10.1. The van der Waals surface area contributed by atoms with Crippen molar-refractivity contribution in [2.24, 2.45) is 10.7 Å². The summed E-state index contributed by atoms with van der Waals surface area (Å²) in [6.45, 7) is 2.53. The smallest absolute Gasteiger partial charge is 0.178 e. The molecule has 0 atom stereocenters. The van der Waals surface area contributed by atoms with E-state index in [2.05, 4.69) is 28.6 Å². The molecule has 1 aromatic rings. The monoisotopic (exact) mass is 304 g/mol. The van der Waals surface area contributed by atoms with Gasteiger partial charge < -0.3 is 15.4 Å². The van der Waals surface area contributed by atoms with Crippen LogP contribution < -0.4 is 10.6 Å². The number of allylic oxidation sites excluding steroid dienone is 2. The molecule has 1 aromatic carbocycles. The van der Waals surface area contributed by atoms with Crippen LogP contribution in [0.4, 0.5) is 11.4 Å². The maximum Gasteiger partial charge on any atom is 0.178 e. The molecule has 0 saturated heterocycles. The summed E-state index contributed by atoms with van der Waals surface area (Å²) in [4.78, 5) is 7.69. The van der Waals surface area contributed by atoms with Crippen LogP contribution >= 0.6 is 0 Å². The van der Waals surface area contributed by atoms with Crippen molar-refractivity contribution in [3.8, 4) is 0 Å². The number of rotatable bonds is 4. The molecule has 1 aliphatic carbocycles. The molecule has 2 N–H and O–H groups in total. The molecule has 0 fully saturated rings. The Labute approximate surface area is 131 Å². The van der Waals surface area contributed by atoms with Gasteiger partial charge in [-0.2, -0.15) is 0 Å². The minimum absolute atomic E-state index is 0.592. The molecule has 0 aliphatic heterocycles. The van der Waals surface area contributed by atoms with E-state index in [1.165, 1.54) is 0 Å². The molecule has 5 heteroatoms. The van der Waals surface area contributed by atoms with Gasteiger partial charge in [0.25, 0.3) is 0 Å². The van der Waals surface area contributed by atoms with Gasteiger partial charge in [-0.25, -0.2) is 4.99 Å². The zero-order valence-corrected chi connectivity index (χ0v) is 13.7. The number of hydrogen-bond donors (Lipinski definition) is 1. The number of aliphatic imine (C=N–C) groups is 1. The first-order valence-electron chi connectivity index (χ1n) is 6.92.